The number of hydrogen-bond donors (Lipinski definition) is 3. The number of hydroxylamine groups is 1. The summed E-state index contributed by atoms with van der Waals surface area (Å²) in [7, 11) is 3.08. The zero-order valence-electron chi connectivity index (χ0n) is 20.7. The average Bonchev–Trinajstić information content (AvgIpc) is 3.61. The molecule has 0 radical (unpaired) electrons. The van der Waals surface area contributed by atoms with Crippen LogP contribution in [0.25, 0.3) is 10.4 Å². The quantitative estimate of drug-likeness (QED) is 0.136. The van der Waals surface area contributed by atoms with Crippen LogP contribution in [0.4, 0.5) is 5.00 Å². The molecule has 2 aromatic heterocycles. The molecule has 2 heterocycles. The Labute approximate surface area is 226 Å². The van der Waals surface area contributed by atoms with E-state index in [1.807, 2.05) is 42.5 Å². The van der Waals surface area contributed by atoms with Crippen molar-refractivity contribution in [2.75, 3.05) is 18.5 Å². The topological polar surface area (TPSA) is 139 Å². The number of nitrogens with one attached hydrogen (secondary N) is 1. The molecule has 2 aromatic carbocycles. The Hall–Kier alpha value is -3.78. The van der Waals surface area contributed by atoms with Crippen molar-refractivity contribution in [3.8, 4) is 21.9 Å². The smallest absolute Gasteiger partial charge is 0.262 e. The first-order valence-corrected chi connectivity index (χ1v) is 13.4. The normalized spacial score (nSPS) is 12.5. The summed E-state index contributed by atoms with van der Waals surface area (Å²) in [6, 6.07) is 18.4. The monoisotopic (exact) mass is 557 g/mol. The van der Waals surface area contributed by atoms with E-state index in [0.29, 0.717) is 28.6 Å². The van der Waals surface area contributed by atoms with Gasteiger partial charge in [0.25, 0.3) is 11.3 Å². The van der Waals surface area contributed by atoms with Gasteiger partial charge < -0.3 is 9.47 Å². The fourth-order valence-electron chi connectivity index (χ4n) is 3.94. The molecule has 0 fully saturated rings. The Morgan fingerprint density at radius 1 is 1.13 bits per heavy atom. The second kappa shape index (κ2) is 12.6. The maximum atomic E-state index is 12.2. The molecular weight excluding hydrogens is 530 g/mol. The van der Waals surface area contributed by atoms with E-state index < -0.39 is 23.2 Å². The highest BCUT2D eigenvalue weighted by Gasteiger charge is 2.22. The molecule has 13 heteroatoms. The lowest BCUT2D eigenvalue weighted by Crippen LogP contribution is -2.25. The Morgan fingerprint density at radius 2 is 1.89 bits per heavy atom. The van der Waals surface area contributed by atoms with Gasteiger partial charge in [0, 0.05) is 4.88 Å². The van der Waals surface area contributed by atoms with E-state index in [0.717, 1.165) is 16.0 Å². The number of benzene rings is 2. The molecule has 38 heavy (non-hydrogen) atoms. The average molecular weight is 558 g/mol. The lowest BCUT2D eigenvalue weighted by molar-refractivity contribution is -0.130. The van der Waals surface area contributed by atoms with Gasteiger partial charge in [-0.05, 0) is 41.8 Å². The lowest BCUT2D eigenvalue weighted by atomic mass is 10.0. The molecule has 2 atom stereocenters. The fourth-order valence-corrected chi connectivity index (χ4v) is 5.62. The minimum absolute atomic E-state index is 0.0210. The summed E-state index contributed by atoms with van der Waals surface area (Å²) in [5.74, 6) is 0.532. The van der Waals surface area contributed by atoms with Crippen molar-refractivity contribution < 1.29 is 28.2 Å². The zero-order valence-corrected chi connectivity index (χ0v) is 22.3. The number of thiophene rings is 1. The highest BCUT2D eigenvalue weighted by Crippen LogP contribution is 2.35. The minimum atomic E-state index is -2.30. The van der Waals surface area contributed by atoms with Gasteiger partial charge in [-0.3, -0.25) is 18.9 Å². The standard InChI is InChI=1S/C25H27N5O6S2/c1-35-21-9-8-17(13-22(21)36-2)12-20(14-24(31)27-32)29-15-19(26-28-29)16-30(38(33)34)25-11-10-23(37-25)18-6-4-3-5-7-18/h3-11,13,15,20,32H,12,14,16H2,1-2H3,(H,27,31)(H,33,34)/t20-/m0/s1. The third kappa shape index (κ3) is 6.55. The van der Waals surface area contributed by atoms with E-state index in [1.165, 1.54) is 27.4 Å². The number of amides is 1. The summed E-state index contributed by atoms with van der Waals surface area (Å²) in [5.41, 5.74) is 3.95. The highest BCUT2D eigenvalue weighted by atomic mass is 32.2. The number of nitrogens with zero attached hydrogens (tertiary/aromatic N) is 4. The molecule has 1 unspecified atom stereocenters. The zero-order chi connectivity index (χ0) is 27.1. The van der Waals surface area contributed by atoms with Crippen LogP contribution in [0.5, 0.6) is 11.5 Å². The van der Waals surface area contributed by atoms with Gasteiger partial charge in [0.15, 0.2) is 11.5 Å². The van der Waals surface area contributed by atoms with E-state index >= 15 is 0 Å². The van der Waals surface area contributed by atoms with Crippen molar-refractivity contribution in [3.63, 3.8) is 0 Å². The summed E-state index contributed by atoms with van der Waals surface area (Å²) >= 11 is -0.915. The highest BCUT2D eigenvalue weighted by molar-refractivity contribution is 7.81. The first kappa shape index (κ1) is 27.3. The third-order valence-electron chi connectivity index (χ3n) is 5.79. The van der Waals surface area contributed by atoms with Crippen molar-refractivity contribution in [2.24, 2.45) is 0 Å². The summed E-state index contributed by atoms with van der Waals surface area (Å²) in [5, 5.41) is 18.0. The van der Waals surface area contributed by atoms with Crippen LogP contribution in [-0.4, -0.2) is 49.1 Å². The van der Waals surface area contributed by atoms with Gasteiger partial charge in [0.1, 0.15) is 10.7 Å². The summed E-state index contributed by atoms with van der Waals surface area (Å²) in [6.45, 7) is 0.0210. The molecule has 0 aliphatic carbocycles. The fraction of sp³-hybridized carbons (Fsp3) is 0.240. The van der Waals surface area contributed by atoms with E-state index in [4.69, 9.17) is 14.7 Å². The second-order valence-electron chi connectivity index (χ2n) is 8.25. The molecule has 3 N–H and O–H groups in total. The number of anilines is 1. The number of ether oxygens (including phenoxy) is 2. The third-order valence-corrected chi connectivity index (χ3v) is 7.76. The predicted octanol–water partition coefficient (Wildman–Crippen LogP) is 3.85. The van der Waals surface area contributed by atoms with Crippen LogP contribution in [-0.2, 0) is 29.0 Å². The van der Waals surface area contributed by atoms with E-state index in [2.05, 4.69) is 10.3 Å². The maximum absolute atomic E-state index is 12.2. The van der Waals surface area contributed by atoms with Crippen molar-refractivity contribution >= 4 is 33.5 Å². The van der Waals surface area contributed by atoms with Crippen LogP contribution in [0.2, 0.25) is 0 Å². The van der Waals surface area contributed by atoms with Crippen molar-refractivity contribution in [3.05, 3.63) is 78.1 Å². The second-order valence-corrected chi connectivity index (χ2v) is 10.2. The largest absolute Gasteiger partial charge is 0.493 e. The SMILES string of the molecule is COc1ccc(C[C@@H](CC(=O)NO)n2cc(CN(c3ccc(-c4ccccc4)s3)S(=O)O)nn2)cc1OC. The van der Waals surface area contributed by atoms with Crippen LogP contribution in [0, 0.1) is 0 Å². The first-order valence-electron chi connectivity index (χ1n) is 11.5. The molecule has 0 aliphatic heterocycles. The molecule has 4 rings (SSSR count). The number of hydrogen-bond acceptors (Lipinski definition) is 8. The Bertz CT molecular complexity index is 1390. The van der Waals surface area contributed by atoms with E-state index in [9.17, 15) is 13.6 Å². The molecule has 0 saturated heterocycles. The van der Waals surface area contributed by atoms with Gasteiger partial charge in [0.2, 0.25) is 5.91 Å². The number of rotatable bonds is 12. The van der Waals surface area contributed by atoms with E-state index in [-0.39, 0.29) is 13.0 Å². The number of carbonyl (C=O) groups is 1. The van der Waals surface area contributed by atoms with Gasteiger partial charge in [0.05, 0.1) is 39.4 Å². The summed E-state index contributed by atoms with van der Waals surface area (Å²) in [4.78, 5) is 13.0. The van der Waals surface area contributed by atoms with Gasteiger partial charge in [-0.1, -0.05) is 41.6 Å². The molecule has 0 spiro atoms. The van der Waals surface area contributed by atoms with Gasteiger partial charge in [-0.2, -0.15) is 0 Å². The number of carbonyl (C=O) groups excluding carboxylic acids is 1. The molecule has 11 nitrogen and oxygen atoms in total. The van der Waals surface area contributed by atoms with Crippen molar-refractivity contribution in [1.82, 2.24) is 20.5 Å². The summed E-state index contributed by atoms with van der Waals surface area (Å²) < 4.78 is 35.7. The van der Waals surface area contributed by atoms with Gasteiger partial charge in [-0.15, -0.1) is 16.4 Å². The molecule has 1 amide bonds. The maximum Gasteiger partial charge on any atom is 0.262 e. The Morgan fingerprint density at radius 3 is 2.58 bits per heavy atom. The molecule has 0 saturated carbocycles. The van der Waals surface area contributed by atoms with Crippen LogP contribution < -0.4 is 19.3 Å². The number of methoxy groups -OCH3 is 2. The minimum Gasteiger partial charge on any atom is -0.493 e. The Kier molecular flexibility index (Phi) is 9.07. The molecule has 200 valence electrons. The van der Waals surface area contributed by atoms with Crippen LogP contribution >= 0.6 is 11.3 Å². The van der Waals surface area contributed by atoms with Crippen molar-refractivity contribution in [1.29, 1.82) is 0 Å². The molecular formula is C25H27N5O6S2. The van der Waals surface area contributed by atoms with Crippen LogP contribution in [0.1, 0.15) is 23.7 Å². The van der Waals surface area contributed by atoms with Gasteiger partial charge in [-0.25, -0.2) is 14.4 Å². The summed E-state index contributed by atoms with van der Waals surface area (Å²) in [6.07, 6.45) is 1.92. The Balaban J connectivity index is 1.55. The first-order chi connectivity index (χ1) is 18.4. The molecule has 4 aromatic rings. The van der Waals surface area contributed by atoms with Crippen molar-refractivity contribution in [2.45, 2.75) is 25.4 Å². The van der Waals surface area contributed by atoms with E-state index in [1.54, 1.807) is 37.0 Å². The van der Waals surface area contributed by atoms with Crippen LogP contribution in [0.3, 0.4) is 0 Å². The molecule has 0 bridgehead atoms. The lowest BCUT2D eigenvalue weighted by Gasteiger charge is -2.18. The predicted molar refractivity (Wildman–Crippen MR) is 144 cm³/mol. The van der Waals surface area contributed by atoms with Gasteiger partial charge >= 0.3 is 0 Å². The number of aromatic nitrogens is 3. The van der Waals surface area contributed by atoms with Crippen LogP contribution in [0.15, 0.2) is 66.9 Å². The molecule has 0 aliphatic rings.